The van der Waals surface area contributed by atoms with E-state index in [0.29, 0.717) is 10.0 Å². The summed E-state index contributed by atoms with van der Waals surface area (Å²) in [4.78, 5) is 12.7. The Bertz CT molecular complexity index is 1140. The van der Waals surface area contributed by atoms with Crippen LogP contribution < -0.4 is 9.62 Å². The van der Waals surface area contributed by atoms with Crippen molar-refractivity contribution in [2.24, 2.45) is 0 Å². The highest BCUT2D eigenvalue weighted by Crippen LogP contribution is 2.28. The van der Waals surface area contributed by atoms with Crippen LogP contribution in [-0.4, -0.2) is 36.8 Å². The van der Waals surface area contributed by atoms with E-state index in [2.05, 4.69) is 15.5 Å². The van der Waals surface area contributed by atoms with Crippen molar-refractivity contribution in [1.82, 2.24) is 10.2 Å². The van der Waals surface area contributed by atoms with Crippen LogP contribution in [0.4, 0.5) is 15.2 Å². The van der Waals surface area contributed by atoms with Gasteiger partial charge in [-0.15, -0.1) is 10.2 Å². The summed E-state index contributed by atoms with van der Waals surface area (Å²) in [5, 5.41) is 11.8. The first-order valence-electron chi connectivity index (χ1n) is 8.31. The lowest BCUT2D eigenvalue weighted by Crippen LogP contribution is -2.45. The third-order valence-corrected chi connectivity index (χ3v) is 6.29. The Morgan fingerprint density at radius 1 is 1.17 bits per heavy atom. The van der Waals surface area contributed by atoms with E-state index < -0.39 is 27.8 Å². The number of halogens is 2. The van der Waals surface area contributed by atoms with Crippen molar-refractivity contribution in [1.29, 1.82) is 0 Å². The fraction of sp³-hybridized carbons (Fsp3) is 0.167. The number of benzene rings is 2. The Balaban J connectivity index is 1.82. The van der Waals surface area contributed by atoms with E-state index in [9.17, 15) is 17.6 Å². The van der Waals surface area contributed by atoms with Gasteiger partial charge in [0.25, 0.3) is 0 Å². The number of nitrogens with one attached hydrogen (secondary N) is 1. The van der Waals surface area contributed by atoms with Gasteiger partial charge in [-0.2, -0.15) is 0 Å². The zero-order chi connectivity index (χ0) is 21.2. The lowest BCUT2D eigenvalue weighted by atomic mass is 10.2. The van der Waals surface area contributed by atoms with Crippen LogP contribution in [0, 0.1) is 5.82 Å². The minimum Gasteiger partial charge on any atom is -0.299 e. The van der Waals surface area contributed by atoms with Crippen LogP contribution >= 0.6 is 22.9 Å². The van der Waals surface area contributed by atoms with Crippen molar-refractivity contribution in [2.45, 2.75) is 13.0 Å². The Morgan fingerprint density at radius 2 is 1.83 bits per heavy atom. The van der Waals surface area contributed by atoms with Gasteiger partial charge in [-0.1, -0.05) is 47.2 Å². The molecule has 3 aromatic rings. The molecule has 3 rings (SSSR count). The maximum absolute atomic E-state index is 14.2. The first-order valence-corrected chi connectivity index (χ1v) is 11.4. The van der Waals surface area contributed by atoms with E-state index in [0.717, 1.165) is 33.5 Å². The van der Waals surface area contributed by atoms with Crippen LogP contribution in [0.25, 0.3) is 10.6 Å². The fourth-order valence-corrected chi connectivity index (χ4v) is 4.66. The molecule has 0 aliphatic carbocycles. The number of amides is 1. The Morgan fingerprint density at radius 3 is 2.45 bits per heavy atom. The largest absolute Gasteiger partial charge is 0.299 e. The Labute approximate surface area is 176 Å². The standard InChI is InChI=1S/C18H16ClFN4O3S2/c1-11(24(29(2,26)27)15-6-4-3-5-14(15)20)16(25)21-18-23-22-17(28-18)12-7-9-13(19)10-8-12/h3-11H,1-2H3,(H,21,23,25). The highest BCUT2D eigenvalue weighted by atomic mass is 35.5. The van der Waals surface area contributed by atoms with Crippen LogP contribution in [0.15, 0.2) is 48.5 Å². The lowest BCUT2D eigenvalue weighted by molar-refractivity contribution is -0.116. The average Bonchev–Trinajstić information content (AvgIpc) is 3.11. The van der Waals surface area contributed by atoms with Crippen molar-refractivity contribution in [3.63, 3.8) is 0 Å². The molecule has 1 amide bonds. The summed E-state index contributed by atoms with van der Waals surface area (Å²) in [5.74, 6) is -1.42. The average molecular weight is 455 g/mol. The van der Waals surface area contributed by atoms with E-state index >= 15 is 0 Å². The van der Waals surface area contributed by atoms with Gasteiger partial charge >= 0.3 is 0 Å². The van der Waals surface area contributed by atoms with Crippen LogP contribution in [0.2, 0.25) is 5.02 Å². The van der Waals surface area contributed by atoms with Crippen LogP contribution in [-0.2, 0) is 14.8 Å². The number of hydrogen-bond acceptors (Lipinski definition) is 6. The predicted molar refractivity (Wildman–Crippen MR) is 112 cm³/mol. The first kappa shape index (κ1) is 21.2. The normalized spacial score (nSPS) is 12.4. The highest BCUT2D eigenvalue weighted by molar-refractivity contribution is 7.92. The molecule has 0 aliphatic rings. The number of aromatic nitrogens is 2. The second kappa shape index (κ2) is 8.44. The topological polar surface area (TPSA) is 92.3 Å². The van der Waals surface area contributed by atoms with Gasteiger partial charge in [-0.3, -0.25) is 14.4 Å². The number of nitrogens with zero attached hydrogens (tertiary/aromatic N) is 3. The minimum atomic E-state index is -3.93. The molecule has 1 heterocycles. The summed E-state index contributed by atoms with van der Waals surface area (Å²) in [6, 6.07) is 11.1. The number of carbonyl (C=O) groups is 1. The molecule has 7 nitrogen and oxygen atoms in total. The fourth-order valence-electron chi connectivity index (χ4n) is 2.60. The van der Waals surface area contributed by atoms with Gasteiger partial charge in [0, 0.05) is 10.6 Å². The predicted octanol–water partition coefficient (Wildman–Crippen LogP) is 3.79. The Kier molecular flexibility index (Phi) is 6.15. The Hall–Kier alpha value is -2.56. The van der Waals surface area contributed by atoms with E-state index in [4.69, 9.17) is 11.6 Å². The van der Waals surface area contributed by atoms with E-state index in [1.54, 1.807) is 24.3 Å². The van der Waals surface area contributed by atoms with Gasteiger partial charge in [0.2, 0.25) is 21.1 Å². The van der Waals surface area contributed by atoms with Crippen molar-refractivity contribution >= 4 is 49.7 Å². The molecule has 0 saturated carbocycles. The molecule has 1 aromatic heterocycles. The highest BCUT2D eigenvalue weighted by Gasteiger charge is 2.31. The quantitative estimate of drug-likeness (QED) is 0.611. The summed E-state index contributed by atoms with van der Waals surface area (Å²) in [6.45, 7) is 1.37. The summed E-state index contributed by atoms with van der Waals surface area (Å²) >= 11 is 6.98. The molecule has 0 bridgehead atoms. The zero-order valence-electron chi connectivity index (χ0n) is 15.3. The molecule has 1 atom stereocenters. The van der Waals surface area contributed by atoms with Gasteiger partial charge in [0.15, 0.2) is 0 Å². The molecule has 0 saturated heterocycles. The molecule has 0 radical (unpaired) electrons. The van der Waals surface area contributed by atoms with Crippen molar-refractivity contribution in [3.05, 3.63) is 59.4 Å². The number of sulfonamides is 1. The summed E-state index contributed by atoms with van der Waals surface area (Å²) in [6.07, 6.45) is 0.910. The molecule has 2 aromatic carbocycles. The molecule has 1 N–H and O–H groups in total. The van der Waals surface area contributed by atoms with Crippen molar-refractivity contribution < 1.29 is 17.6 Å². The summed E-state index contributed by atoms with van der Waals surface area (Å²) in [5.41, 5.74) is 0.557. The maximum Gasteiger partial charge on any atom is 0.249 e. The van der Waals surface area contributed by atoms with Gasteiger partial charge in [0.1, 0.15) is 16.9 Å². The SMILES string of the molecule is CC(C(=O)Nc1nnc(-c2ccc(Cl)cc2)s1)N(c1ccccc1F)S(C)(=O)=O. The molecular formula is C18H16ClFN4O3S2. The van der Waals surface area contributed by atoms with Gasteiger partial charge < -0.3 is 0 Å². The molecule has 0 spiro atoms. The third-order valence-electron chi connectivity index (χ3n) is 3.92. The molecule has 1 unspecified atom stereocenters. The van der Waals surface area contributed by atoms with Crippen LogP contribution in [0.5, 0.6) is 0 Å². The zero-order valence-corrected chi connectivity index (χ0v) is 17.7. The third kappa shape index (κ3) is 4.89. The number of hydrogen-bond donors (Lipinski definition) is 1. The number of anilines is 2. The molecule has 0 aliphatic heterocycles. The van der Waals surface area contributed by atoms with Gasteiger partial charge in [-0.05, 0) is 31.2 Å². The van der Waals surface area contributed by atoms with E-state index in [-0.39, 0.29) is 10.8 Å². The van der Waals surface area contributed by atoms with Gasteiger partial charge in [-0.25, -0.2) is 12.8 Å². The van der Waals surface area contributed by atoms with Gasteiger partial charge in [0.05, 0.1) is 11.9 Å². The van der Waals surface area contributed by atoms with E-state index in [1.165, 1.54) is 25.1 Å². The summed E-state index contributed by atoms with van der Waals surface area (Å²) < 4.78 is 39.4. The van der Waals surface area contributed by atoms with Crippen LogP contribution in [0.1, 0.15) is 6.92 Å². The molecule has 11 heteroatoms. The maximum atomic E-state index is 14.2. The van der Waals surface area contributed by atoms with Crippen molar-refractivity contribution in [3.8, 4) is 10.6 Å². The molecule has 0 fully saturated rings. The second-order valence-electron chi connectivity index (χ2n) is 6.09. The van der Waals surface area contributed by atoms with Crippen LogP contribution in [0.3, 0.4) is 0 Å². The number of rotatable bonds is 6. The van der Waals surface area contributed by atoms with E-state index in [1.807, 2.05) is 0 Å². The number of para-hydroxylation sites is 1. The molecule has 152 valence electrons. The minimum absolute atomic E-state index is 0.189. The first-order chi connectivity index (χ1) is 13.7. The second-order valence-corrected chi connectivity index (χ2v) is 9.37. The smallest absolute Gasteiger partial charge is 0.249 e. The molecule has 29 heavy (non-hydrogen) atoms. The van der Waals surface area contributed by atoms with Crippen molar-refractivity contribution in [2.75, 3.05) is 15.9 Å². The monoisotopic (exact) mass is 454 g/mol. The number of carbonyl (C=O) groups excluding carboxylic acids is 1. The molecular weight excluding hydrogens is 439 g/mol. The summed E-state index contributed by atoms with van der Waals surface area (Å²) in [7, 11) is -3.93. The lowest BCUT2D eigenvalue weighted by Gasteiger charge is -2.28.